The van der Waals surface area contributed by atoms with E-state index in [9.17, 15) is 4.79 Å². The Hall–Kier alpha value is -2.33. The summed E-state index contributed by atoms with van der Waals surface area (Å²) in [6, 6.07) is 17.0. The Morgan fingerprint density at radius 2 is 1.68 bits per heavy atom. The van der Waals surface area contributed by atoms with Crippen molar-refractivity contribution in [3.8, 4) is 5.75 Å². The third-order valence-electron chi connectivity index (χ3n) is 6.53. The van der Waals surface area contributed by atoms with Gasteiger partial charge in [-0.3, -0.25) is 9.69 Å². The van der Waals surface area contributed by atoms with Crippen LogP contribution >= 0.6 is 0 Å². The minimum atomic E-state index is 0.163. The van der Waals surface area contributed by atoms with Gasteiger partial charge in [0.25, 0.3) is 0 Å². The van der Waals surface area contributed by atoms with Gasteiger partial charge in [-0.05, 0) is 68.0 Å². The van der Waals surface area contributed by atoms with E-state index in [-0.39, 0.29) is 5.91 Å². The zero-order valence-corrected chi connectivity index (χ0v) is 16.3. The molecule has 5 rings (SSSR count). The molecule has 0 spiro atoms. The van der Waals surface area contributed by atoms with Gasteiger partial charge in [0, 0.05) is 31.2 Å². The second kappa shape index (κ2) is 7.59. The van der Waals surface area contributed by atoms with Crippen LogP contribution in [0.2, 0.25) is 0 Å². The number of piperidine rings is 1. The van der Waals surface area contributed by atoms with E-state index in [0.29, 0.717) is 12.5 Å². The van der Waals surface area contributed by atoms with Crippen LogP contribution in [-0.2, 0) is 11.2 Å². The summed E-state index contributed by atoms with van der Waals surface area (Å²) in [6.07, 6.45) is 8.04. The van der Waals surface area contributed by atoms with Gasteiger partial charge in [0.15, 0.2) is 0 Å². The molecule has 4 heteroatoms. The molecule has 2 aliphatic heterocycles. The second-order valence-corrected chi connectivity index (χ2v) is 8.29. The largest absolute Gasteiger partial charge is 0.490 e. The number of carbonyl (C=O) groups is 1. The molecule has 3 aliphatic rings. The second-order valence-electron chi connectivity index (χ2n) is 8.29. The van der Waals surface area contributed by atoms with E-state index < -0.39 is 0 Å². The number of ether oxygens (including phenoxy) is 1. The standard InChI is InChI=1S/C24H28N2O2/c27-24-12-9-18-17-22(10-11-23(18)26(24)20-5-2-1-3-6-20)28-21-13-15-25(16-14-21)19-7-4-8-19/h1-3,5-6,10-11,17,19,21H,4,7-9,12-16H2. The number of anilines is 2. The SMILES string of the molecule is O=C1CCc2cc(OC3CCN(C4CCC4)CC3)ccc2N1c1ccccc1. The van der Waals surface area contributed by atoms with Crippen molar-refractivity contribution in [3.63, 3.8) is 0 Å². The zero-order chi connectivity index (χ0) is 18.9. The molecule has 0 atom stereocenters. The van der Waals surface area contributed by atoms with Crippen molar-refractivity contribution in [1.82, 2.24) is 4.90 Å². The number of nitrogens with zero attached hydrogens (tertiary/aromatic N) is 2. The molecule has 2 aromatic carbocycles. The molecule has 1 saturated heterocycles. The number of rotatable bonds is 4. The number of likely N-dealkylation sites (tertiary alicyclic amines) is 1. The van der Waals surface area contributed by atoms with Crippen LogP contribution in [-0.4, -0.2) is 36.0 Å². The quantitative estimate of drug-likeness (QED) is 0.776. The molecule has 0 N–H and O–H groups in total. The van der Waals surface area contributed by atoms with Crippen molar-refractivity contribution in [2.75, 3.05) is 18.0 Å². The molecule has 1 amide bonds. The van der Waals surface area contributed by atoms with Crippen LogP contribution in [0.15, 0.2) is 48.5 Å². The van der Waals surface area contributed by atoms with E-state index in [1.54, 1.807) is 0 Å². The van der Waals surface area contributed by atoms with Gasteiger partial charge >= 0.3 is 0 Å². The average Bonchev–Trinajstić information content (AvgIpc) is 2.69. The summed E-state index contributed by atoms with van der Waals surface area (Å²) in [4.78, 5) is 17.1. The highest BCUT2D eigenvalue weighted by molar-refractivity contribution is 6.03. The van der Waals surface area contributed by atoms with Gasteiger partial charge in [0.2, 0.25) is 5.91 Å². The highest BCUT2D eigenvalue weighted by atomic mass is 16.5. The highest BCUT2D eigenvalue weighted by Gasteiger charge is 2.30. The number of fused-ring (bicyclic) bond motifs is 1. The summed E-state index contributed by atoms with van der Waals surface area (Å²) in [6.45, 7) is 2.33. The monoisotopic (exact) mass is 376 g/mol. The molecule has 2 aromatic rings. The average molecular weight is 376 g/mol. The Labute approximate surface area is 167 Å². The summed E-state index contributed by atoms with van der Waals surface area (Å²) in [5, 5.41) is 0. The van der Waals surface area contributed by atoms with E-state index in [0.717, 1.165) is 55.5 Å². The summed E-state index contributed by atoms with van der Waals surface area (Å²) >= 11 is 0. The number of para-hydroxylation sites is 1. The normalized spacial score (nSPS) is 21.3. The molecule has 146 valence electrons. The third-order valence-corrected chi connectivity index (χ3v) is 6.53. The van der Waals surface area contributed by atoms with E-state index in [1.165, 1.54) is 24.8 Å². The van der Waals surface area contributed by atoms with Gasteiger partial charge in [-0.25, -0.2) is 0 Å². The van der Waals surface area contributed by atoms with Crippen molar-refractivity contribution in [3.05, 3.63) is 54.1 Å². The lowest BCUT2D eigenvalue weighted by atomic mass is 9.90. The van der Waals surface area contributed by atoms with Crippen molar-refractivity contribution in [1.29, 1.82) is 0 Å². The predicted octanol–water partition coefficient (Wildman–Crippen LogP) is 4.69. The van der Waals surface area contributed by atoms with E-state index >= 15 is 0 Å². The number of amides is 1. The fourth-order valence-electron chi connectivity index (χ4n) is 4.70. The zero-order valence-electron chi connectivity index (χ0n) is 16.3. The number of hydrogen-bond acceptors (Lipinski definition) is 3. The Balaban J connectivity index is 1.29. The van der Waals surface area contributed by atoms with Crippen LogP contribution in [0.1, 0.15) is 44.1 Å². The maximum atomic E-state index is 12.6. The Morgan fingerprint density at radius 3 is 2.39 bits per heavy atom. The Bertz CT molecular complexity index is 839. The molecule has 0 bridgehead atoms. The molecule has 1 aliphatic carbocycles. The van der Waals surface area contributed by atoms with Crippen molar-refractivity contribution in [2.24, 2.45) is 0 Å². The van der Waals surface area contributed by atoms with Crippen LogP contribution in [0, 0.1) is 0 Å². The van der Waals surface area contributed by atoms with Gasteiger partial charge in [0.1, 0.15) is 11.9 Å². The van der Waals surface area contributed by atoms with E-state index in [4.69, 9.17) is 4.74 Å². The number of benzene rings is 2. The predicted molar refractivity (Wildman–Crippen MR) is 111 cm³/mol. The number of aryl methyl sites for hydroxylation is 1. The van der Waals surface area contributed by atoms with E-state index in [1.807, 2.05) is 41.3 Å². The fourth-order valence-corrected chi connectivity index (χ4v) is 4.70. The summed E-state index contributed by atoms with van der Waals surface area (Å²) in [7, 11) is 0. The van der Waals surface area contributed by atoms with Gasteiger partial charge in [-0.2, -0.15) is 0 Å². The van der Waals surface area contributed by atoms with Gasteiger partial charge in [0.05, 0.1) is 5.69 Å². The molecular weight excluding hydrogens is 348 g/mol. The maximum Gasteiger partial charge on any atom is 0.231 e. The van der Waals surface area contributed by atoms with Crippen LogP contribution < -0.4 is 9.64 Å². The van der Waals surface area contributed by atoms with Crippen LogP contribution in [0.3, 0.4) is 0 Å². The van der Waals surface area contributed by atoms with Crippen LogP contribution in [0.25, 0.3) is 0 Å². The molecule has 2 fully saturated rings. The number of hydrogen-bond donors (Lipinski definition) is 0. The molecule has 28 heavy (non-hydrogen) atoms. The molecule has 0 aromatic heterocycles. The van der Waals surface area contributed by atoms with E-state index in [2.05, 4.69) is 17.0 Å². The first-order valence-corrected chi connectivity index (χ1v) is 10.7. The van der Waals surface area contributed by atoms with Crippen molar-refractivity contribution < 1.29 is 9.53 Å². The molecule has 2 heterocycles. The summed E-state index contributed by atoms with van der Waals surface area (Å²) in [5.74, 6) is 1.11. The highest BCUT2D eigenvalue weighted by Crippen LogP contribution is 2.37. The van der Waals surface area contributed by atoms with Crippen LogP contribution in [0.4, 0.5) is 11.4 Å². The van der Waals surface area contributed by atoms with Crippen molar-refractivity contribution >= 4 is 17.3 Å². The molecule has 4 nitrogen and oxygen atoms in total. The fraction of sp³-hybridized carbons (Fsp3) is 0.458. The minimum Gasteiger partial charge on any atom is -0.490 e. The lowest BCUT2D eigenvalue weighted by Gasteiger charge is -2.41. The van der Waals surface area contributed by atoms with Gasteiger partial charge < -0.3 is 9.64 Å². The maximum absolute atomic E-state index is 12.6. The van der Waals surface area contributed by atoms with Crippen LogP contribution in [0.5, 0.6) is 5.75 Å². The first kappa shape index (κ1) is 17.7. The summed E-state index contributed by atoms with van der Waals surface area (Å²) in [5.41, 5.74) is 3.13. The van der Waals surface area contributed by atoms with Gasteiger partial charge in [-0.15, -0.1) is 0 Å². The lowest BCUT2D eigenvalue weighted by molar-refractivity contribution is -0.118. The molecule has 0 radical (unpaired) electrons. The summed E-state index contributed by atoms with van der Waals surface area (Å²) < 4.78 is 6.34. The van der Waals surface area contributed by atoms with Crippen molar-refractivity contribution in [2.45, 2.75) is 57.1 Å². The Kier molecular flexibility index (Phi) is 4.81. The molecule has 0 unspecified atom stereocenters. The molecular formula is C24H28N2O2. The topological polar surface area (TPSA) is 32.8 Å². The molecule has 1 saturated carbocycles. The number of carbonyl (C=O) groups excluding carboxylic acids is 1. The van der Waals surface area contributed by atoms with Gasteiger partial charge in [-0.1, -0.05) is 24.6 Å². The first-order valence-electron chi connectivity index (χ1n) is 10.7. The minimum absolute atomic E-state index is 0.163. The lowest BCUT2D eigenvalue weighted by Crippen LogP contribution is -2.46. The third kappa shape index (κ3) is 3.42. The smallest absolute Gasteiger partial charge is 0.231 e. The first-order chi connectivity index (χ1) is 13.8. The Morgan fingerprint density at radius 1 is 0.893 bits per heavy atom.